The maximum absolute atomic E-state index is 12.9. The highest BCUT2D eigenvalue weighted by atomic mass is 32.1. The van der Waals surface area contributed by atoms with Gasteiger partial charge in [0, 0.05) is 30.4 Å². The normalized spacial score (nSPS) is 18.8. The summed E-state index contributed by atoms with van der Waals surface area (Å²) in [5.74, 6) is 0.176. The van der Waals surface area contributed by atoms with Crippen molar-refractivity contribution < 1.29 is 9.53 Å². The van der Waals surface area contributed by atoms with E-state index >= 15 is 0 Å². The van der Waals surface area contributed by atoms with Crippen molar-refractivity contribution in [3.63, 3.8) is 0 Å². The van der Waals surface area contributed by atoms with Gasteiger partial charge in [0.15, 0.2) is 0 Å². The van der Waals surface area contributed by atoms with E-state index < -0.39 is 0 Å². The molecule has 1 fully saturated rings. The molecule has 3 aromatic rings. The molecular formula is C21H23N3O2S. The van der Waals surface area contributed by atoms with Crippen molar-refractivity contribution in [1.82, 2.24) is 14.3 Å². The number of pyridine rings is 1. The Labute approximate surface area is 162 Å². The van der Waals surface area contributed by atoms with Gasteiger partial charge in [-0.05, 0) is 54.8 Å². The van der Waals surface area contributed by atoms with Crippen molar-refractivity contribution in [3.05, 3.63) is 57.7 Å². The highest BCUT2D eigenvalue weighted by molar-refractivity contribution is 7.10. The highest BCUT2D eigenvalue weighted by Crippen LogP contribution is 2.44. The van der Waals surface area contributed by atoms with Crippen molar-refractivity contribution >= 4 is 22.9 Å². The number of ether oxygens (including phenoxy) is 1. The molecule has 0 atom stereocenters. The molecule has 0 N–H and O–H groups in total. The fourth-order valence-corrected chi connectivity index (χ4v) is 5.61. The number of thiophene rings is 1. The summed E-state index contributed by atoms with van der Waals surface area (Å²) in [5.41, 5.74) is 4.27. The fraction of sp³-hybridized carbons (Fsp3) is 0.429. The smallest absolute Gasteiger partial charge is 0.228 e. The first-order valence-corrected chi connectivity index (χ1v) is 10.4. The first kappa shape index (κ1) is 17.0. The van der Waals surface area contributed by atoms with E-state index in [0.717, 1.165) is 55.9 Å². The quantitative estimate of drug-likeness (QED) is 0.684. The summed E-state index contributed by atoms with van der Waals surface area (Å²) in [6, 6.07) is 6.28. The molecule has 1 amide bonds. The molecule has 140 valence electrons. The number of imidazole rings is 1. The van der Waals surface area contributed by atoms with Crippen LogP contribution in [-0.2, 0) is 28.0 Å². The first-order chi connectivity index (χ1) is 13.2. The SMILES string of the molecule is Cc1cccn2c(CC(=O)N3CCC4(CC3)OCCc3ccsc34)cnc12. The standard InChI is InChI=1S/C21H23N3O2S/c1-15-3-2-8-24-17(14-22-20(15)24)13-18(25)23-9-6-21(7-10-23)19-16(4-11-26-21)5-12-27-19/h2-3,5,8,12,14H,4,6-7,9-11,13H2,1H3. The second-order valence-corrected chi connectivity index (χ2v) is 8.48. The summed E-state index contributed by atoms with van der Waals surface area (Å²) in [5, 5.41) is 2.17. The molecule has 0 saturated carbocycles. The number of hydrogen-bond donors (Lipinski definition) is 0. The van der Waals surface area contributed by atoms with Crippen LogP contribution in [0.5, 0.6) is 0 Å². The monoisotopic (exact) mass is 381 g/mol. The Morgan fingerprint density at radius 1 is 1.33 bits per heavy atom. The molecule has 6 heteroatoms. The summed E-state index contributed by atoms with van der Waals surface area (Å²) < 4.78 is 8.28. The molecule has 1 spiro atoms. The summed E-state index contributed by atoms with van der Waals surface area (Å²) in [7, 11) is 0. The third kappa shape index (κ3) is 2.78. The zero-order chi connectivity index (χ0) is 18.4. The summed E-state index contributed by atoms with van der Waals surface area (Å²) in [6.45, 7) is 4.34. The van der Waals surface area contributed by atoms with E-state index in [9.17, 15) is 4.79 Å². The Morgan fingerprint density at radius 2 is 2.19 bits per heavy atom. The Balaban J connectivity index is 1.30. The van der Waals surface area contributed by atoms with E-state index in [4.69, 9.17) is 4.74 Å². The average molecular weight is 382 g/mol. The summed E-state index contributed by atoms with van der Waals surface area (Å²) in [4.78, 5) is 20.8. The number of amides is 1. The number of aromatic nitrogens is 2. The van der Waals surface area contributed by atoms with Crippen LogP contribution in [0.15, 0.2) is 36.0 Å². The molecule has 0 unspecified atom stereocenters. The van der Waals surface area contributed by atoms with Gasteiger partial charge in [0.2, 0.25) is 5.91 Å². The minimum atomic E-state index is -0.168. The Morgan fingerprint density at radius 3 is 3.04 bits per heavy atom. The molecule has 5 heterocycles. The van der Waals surface area contributed by atoms with Crippen LogP contribution in [0.1, 0.15) is 34.5 Å². The van der Waals surface area contributed by atoms with E-state index in [0.29, 0.717) is 6.42 Å². The number of rotatable bonds is 2. The van der Waals surface area contributed by atoms with Gasteiger partial charge in [0.25, 0.3) is 0 Å². The molecule has 0 aromatic carbocycles. The lowest BCUT2D eigenvalue weighted by molar-refractivity contribution is -0.139. The maximum Gasteiger partial charge on any atom is 0.228 e. The van der Waals surface area contributed by atoms with E-state index in [1.807, 2.05) is 40.8 Å². The molecule has 0 aliphatic carbocycles. The van der Waals surface area contributed by atoms with Crippen molar-refractivity contribution in [2.24, 2.45) is 0 Å². The molecule has 3 aromatic heterocycles. The molecule has 5 rings (SSSR count). The second-order valence-electron chi connectivity index (χ2n) is 7.56. The Bertz CT molecular complexity index is 998. The Hall–Kier alpha value is -2.18. The van der Waals surface area contributed by atoms with Gasteiger partial charge in [-0.15, -0.1) is 11.3 Å². The number of carbonyl (C=O) groups is 1. The van der Waals surface area contributed by atoms with Crippen LogP contribution in [0, 0.1) is 6.92 Å². The average Bonchev–Trinajstić information content (AvgIpc) is 3.32. The molecule has 0 radical (unpaired) electrons. The second kappa shape index (κ2) is 6.46. The minimum absolute atomic E-state index is 0.168. The molecule has 2 aliphatic heterocycles. The van der Waals surface area contributed by atoms with Gasteiger partial charge < -0.3 is 14.0 Å². The van der Waals surface area contributed by atoms with Crippen LogP contribution < -0.4 is 0 Å². The number of aryl methyl sites for hydroxylation is 1. The number of carbonyl (C=O) groups excluding carboxylic acids is 1. The van der Waals surface area contributed by atoms with Crippen LogP contribution in [0.2, 0.25) is 0 Å². The van der Waals surface area contributed by atoms with E-state index in [1.54, 1.807) is 11.3 Å². The van der Waals surface area contributed by atoms with E-state index in [2.05, 4.69) is 16.4 Å². The van der Waals surface area contributed by atoms with Crippen molar-refractivity contribution in [3.8, 4) is 0 Å². The maximum atomic E-state index is 12.9. The largest absolute Gasteiger partial charge is 0.369 e. The number of hydrogen-bond acceptors (Lipinski definition) is 4. The summed E-state index contributed by atoms with van der Waals surface area (Å²) in [6.07, 6.45) is 6.99. The number of nitrogens with zero attached hydrogens (tertiary/aromatic N) is 3. The predicted molar refractivity (Wildman–Crippen MR) is 105 cm³/mol. The number of fused-ring (bicyclic) bond motifs is 3. The van der Waals surface area contributed by atoms with E-state index in [-0.39, 0.29) is 11.5 Å². The van der Waals surface area contributed by atoms with Gasteiger partial charge in [0.05, 0.1) is 18.7 Å². The van der Waals surface area contributed by atoms with Crippen LogP contribution in [0.25, 0.3) is 5.65 Å². The van der Waals surface area contributed by atoms with Gasteiger partial charge in [0.1, 0.15) is 11.2 Å². The zero-order valence-electron chi connectivity index (χ0n) is 15.5. The number of likely N-dealkylation sites (tertiary alicyclic amines) is 1. The molecule has 2 aliphatic rings. The topological polar surface area (TPSA) is 46.8 Å². The molecule has 5 nitrogen and oxygen atoms in total. The first-order valence-electron chi connectivity index (χ1n) is 9.56. The summed E-state index contributed by atoms with van der Waals surface area (Å²) >= 11 is 1.81. The zero-order valence-corrected chi connectivity index (χ0v) is 16.3. The predicted octanol–water partition coefficient (Wildman–Crippen LogP) is 3.34. The third-order valence-electron chi connectivity index (χ3n) is 5.97. The molecule has 27 heavy (non-hydrogen) atoms. The lowest BCUT2D eigenvalue weighted by Gasteiger charge is -2.43. The van der Waals surface area contributed by atoms with Gasteiger partial charge in [-0.3, -0.25) is 4.79 Å². The van der Waals surface area contributed by atoms with E-state index in [1.165, 1.54) is 10.4 Å². The number of piperidine rings is 1. The van der Waals surface area contributed by atoms with Crippen LogP contribution in [0.4, 0.5) is 0 Å². The lowest BCUT2D eigenvalue weighted by atomic mass is 9.85. The Kier molecular flexibility index (Phi) is 4.06. The minimum Gasteiger partial charge on any atom is -0.369 e. The highest BCUT2D eigenvalue weighted by Gasteiger charge is 2.42. The molecule has 0 bridgehead atoms. The van der Waals surface area contributed by atoms with Crippen LogP contribution in [0.3, 0.4) is 0 Å². The van der Waals surface area contributed by atoms with Crippen molar-refractivity contribution in [1.29, 1.82) is 0 Å². The van der Waals surface area contributed by atoms with Crippen molar-refractivity contribution in [2.75, 3.05) is 19.7 Å². The fourth-order valence-electron chi connectivity index (χ4n) is 4.44. The van der Waals surface area contributed by atoms with Crippen LogP contribution >= 0.6 is 11.3 Å². The van der Waals surface area contributed by atoms with Gasteiger partial charge in [-0.25, -0.2) is 4.98 Å². The van der Waals surface area contributed by atoms with Gasteiger partial charge >= 0.3 is 0 Å². The van der Waals surface area contributed by atoms with Gasteiger partial charge in [-0.2, -0.15) is 0 Å². The van der Waals surface area contributed by atoms with Crippen molar-refractivity contribution in [2.45, 2.75) is 38.2 Å². The lowest BCUT2D eigenvalue weighted by Crippen LogP contribution is -2.48. The van der Waals surface area contributed by atoms with Gasteiger partial charge in [-0.1, -0.05) is 6.07 Å². The molecular weight excluding hydrogens is 358 g/mol. The molecule has 1 saturated heterocycles. The van der Waals surface area contributed by atoms with Crippen LogP contribution in [-0.4, -0.2) is 39.9 Å². The third-order valence-corrected chi connectivity index (χ3v) is 7.12.